The number of benzene rings is 1. The first-order valence-corrected chi connectivity index (χ1v) is 12.2. The molecule has 0 saturated heterocycles. The summed E-state index contributed by atoms with van der Waals surface area (Å²) in [7, 11) is -3.97. The van der Waals surface area contributed by atoms with Gasteiger partial charge in [0.05, 0.1) is 18.7 Å². The van der Waals surface area contributed by atoms with Gasteiger partial charge in [0.2, 0.25) is 5.78 Å². The van der Waals surface area contributed by atoms with Crippen LogP contribution in [0.15, 0.2) is 43.0 Å². The molecule has 0 spiro atoms. The summed E-state index contributed by atoms with van der Waals surface area (Å²) in [6.07, 6.45) is 6.66. The minimum atomic E-state index is -3.97. The lowest BCUT2D eigenvalue weighted by Crippen LogP contribution is -2.22. The van der Waals surface area contributed by atoms with Crippen molar-refractivity contribution >= 4 is 21.9 Å². The zero-order valence-corrected chi connectivity index (χ0v) is 19.3. The number of nitrogens with zero attached hydrogens (tertiary/aromatic N) is 4. The molecule has 180 valence electrons. The van der Waals surface area contributed by atoms with E-state index in [0.29, 0.717) is 24.3 Å². The van der Waals surface area contributed by atoms with Gasteiger partial charge in [-0.1, -0.05) is 12.1 Å². The second-order valence-corrected chi connectivity index (χ2v) is 9.62. The summed E-state index contributed by atoms with van der Waals surface area (Å²) in [5, 5.41) is 12.5. The van der Waals surface area contributed by atoms with Gasteiger partial charge in [0.1, 0.15) is 23.7 Å². The Balaban J connectivity index is 1.42. The predicted molar refractivity (Wildman–Crippen MR) is 122 cm³/mol. The highest BCUT2D eigenvalue weighted by molar-refractivity contribution is 7.84. The molecule has 0 amide bonds. The highest BCUT2D eigenvalue weighted by atomic mass is 32.2. The monoisotopic (exact) mass is 488 g/mol. The van der Waals surface area contributed by atoms with E-state index in [1.807, 2.05) is 0 Å². The minimum absolute atomic E-state index is 0.00481. The van der Waals surface area contributed by atoms with Crippen molar-refractivity contribution in [3.63, 3.8) is 0 Å². The standard InChI is InChI=1S/C22H25FN6O4S/c1-14-8-15(3-5-19(14)23)11-29-7-6-20(28-29)21(30)18-10-25-13-26-22(18)27-17-4-2-16(9-17)12-33-34(24,31)32/h3,5-8,10,13,16-17H,2,4,9,11-12H2,1H3,(H2,24,31,32)(H,25,26,27)/t16-,17+/m1/s1. The maximum absolute atomic E-state index is 13.5. The highest BCUT2D eigenvalue weighted by Crippen LogP contribution is 2.29. The maximum atomic E-state index is 13.5. The van der Waals surface area contributed by atoms with Crippen molar-refractivity contribution in [1.29, 1.82) is 0 Å². The van der Waals surface area contributed by atoms with Crippen molar-refractivity contribution in [2.75, 3.05) is 11.9 Å². The van der Waals surface area contributed by atoms with Crippen LogP contribution in [0.25, 0.3) is 0 Å². The van der Waals surface area contributed by atoms with Crippen molar-refractivity contribution in [3.05, 3.63) is 71.2 Å². The summed E-state index contributed by atoms with van der Waals surface area (Å²) in [5.41, 5.74) is 1.94. The molecule has 34 heavy (non-hydrogen) atoms. The van der Waals surface area contributed by atoms with Gasteiger partial charge < -0.3 is 5.32 Å². The van der Waals surface area contributed by atoms with Crippen molar-refractivity contribution in [2.24, 2.45) is 11.1 Å². The molecule has 1 fully saturated rings. The van der Waals surface area contributed by atoms with Crippen LogP contribution in [0.4, 0.5) is 10.2 Å². The molecule has 2 heterocycles. The molecule has 0 aliphatic heterocycles. The van der Waals surface area contributed by atoms with Crippen LogP contribution < -0.4 is 10.5 Å². The van der Waals surface area contributed by atoms with Crippen molar-refractivity contribution in [1.82, 2.24) is 19.7 Å². The Kier molecular flexibility index (Phi) is 7.00. The maximum Gasteiger partial charge on any atom is 0.333 e. The fourth-order valence-corrected chi connectivity index (χ4v) is 4.44. The number of carbonyl (C=O) groups is 1. The lowest BCUT2D eigenvalue weighted by atomic mass is 10.1. The fraction of sp³-hybridized carbons (Fsp3) is 0.364. The van der Waals surface area contributed by atoms with Gasteiger partial charge in [-0.25, -0.2) is 19.5 Å². The summed E-state index contributed by atoms with van der Waals surface area (Å²) in [6, 6.07) is 6.45. The van der Waals surface area contributed by atoms with Gasteiger partial charge in [-0.2, -0.15) is 13.5 Å². The minimum Gasteiger partial charge on any atom is -0.367 e. The average molecular weight is 489 g/mol. The molecule has 0 radical (unpaired) electrons. The summed E-state index contributed by atoms with van der Waals surface area (Å²) >= 11 is 0. The van der Waals surface area contributed by atoms with E-state index in [-0.39, 0.29) is 41.4 Å². The Morgan fingerprint density at radius 2 is 2.15 bits per heavy atom. The molecule has 2 aromatic heterocycles. The average Bonchev–Trinajstić information content (AvgIpc) is 3.44. The molecule has 1 aliphatic carbocycles. The summed E-state index contributed by atoms with van der Waals surface area (Å²) in [5.74, 6) is -0.178. The molecule has 12 heteroatoms. The Morgan fingerprint density at radius 1 is 1.32 bits per heavy atom. The molecule has 1 saturated carbocycles. The molecule has 3 N–H and O–H groups in total. The summed E-state index contributed by atoms with van der Waals surface area (Å²) < 4.78 is 41.8. The third-order valence-corrected chi connectivity index (χ3v) is 6.21. The van der Waals surface area contributed by atoms with Gasteiger partial charge in [0, 0.05) is 18.4 Å². The summed E-state index contributed by atoms with van der Waals surface area (Å²) in [6.45, 7) is 2.12. The molecule has 2 atom stereocenters. The van der Waals surface area contributed by atoms with Gasteiger partial charge in [-0.05, 0) is 55.4 Å². The topological polar surface area (TPSA) is 142 Å². The number of aryl methyl sites for hydroxylation is 1. The summed E-state index contributed by atoms with van der Waals surface area (Å²) in [4.78, 5) is 21.4. The van der Waals surface area contributed by atoms with E-state index < -0.39 is 10.3 Å². The van der Waals surface area contributed by atoms with Gasteiger partial charge in [0.15, 0.2) is 0 Å². The Hall–Kier alpha value is -3.22. The first kappa shape index (κ1) is 23.9. The Morgan fingerprint density at radius 3 is 2.91 bits per heavy atom. The molecule has 0 bridgehead atoms. The van der Waals surface area contributed by atoms with Crippen LogP contribution in [-0.4, -0.2) is 46.6 Å². The van der Waals surface area contributed by atoms with Gasteiger partial charge in [-0.15, -0.1) is 0 Å². The number of halogens is 1. The molecule has 0 unspecified atom stereocenters. The molecular formula is C22H25FN6O4S. The fourth-order valence-electron chi connectivity index (χ4n) is 4.05. The lowest BCUT2D eigenvalue weighted by molar-refractivity contribution is 0.103. The third-order valence-electron chi connectivity index (χ3n) is 5.75. The van der Waals surface area contributed by atoms with E-state index in [4.69, 9.17) is 9.32 Å². The zero-order chi connectivity index (χ0) is 24.3. The molecule has 4 rings (SSSR count). The van der Waals surface area contributed by atoms with Crippen LogP contribution in [0.2, 0.25) is 0 Å². The number of nitrogens with two attached hydrogens (primary N) is 1. The number of hydrogen-bond donors (Lipinski definition) is 2. The first-order valence-electron chi connectivity index (χ1n) is 10.7. The van der Waals surface area contributed by atoms with E-state index in [1.165, 1.54) is 18.6 Å². The van der Waals surface area contributed by atoms with Crippen LogP contribution in [0.1, 0.15) is 46.4 Å². The number of anilines is 1. The second-order valence-electron chi connectivity index (χ2n) is 8.39. The van der Waals surface area contributed by atoms with Crippen LogP contribution in [0, 0.1) is 18.7 Å². The number of ketones is 1. The van der Waals surface area contributed by atoms with E-state index in [2.05, 4.69) is 20.4 Å². The number of rotatable bonds is 9. The second kappa shape index (κ2) is 9.95. The predicted octanol–water partition coefficient (Wildman–Crippen LogP) is 2.20. The van der Waals surface area contributed by atoms with Crippen molar-refractivity contribution in [2.45, 2.75) is 38.8 Å². The number of aromatic nitrogens is 4. The first-order chi connectivity index (χ1) is 16.2. The van der Waals surface area contributed by atoms with Crippen LogP contribution >= 0.6 is 0 Å². The van der Waals surface area contributed by atoms with E-state index in [9.17, 15) is 17.6 Å². The number of carbonyl (C=O) groups excluding carboxylic acids is 1. The third kappa shape index (κ3) is 6.01. The quantitative estimate of drug-likeness (QED) is 0.437. The number of hydrogen-bond acceptors (Lipinski definition) is 8. The van der Waals surface area contributed by atoms with E-state index >= 15 is 0 Å². The molecule has 10 nitrogen and oxygen atoms in total. The lowest BCUT2D eigenvalue weighted by Gasteiger charge is -2.15. The molecular weight excluding hydrogens is 463 g/mol. The van der Waals surface area contributed by atoms with Crippen LogP contribution in [0.5, 0.6) is 0 Å². The Bertz CT molecular complexity index is 1300. The largest absolute Gasteiger partial charge is 0.367 e. The molecule has 3 aromatic rings. The zero-order valence-electron chi connectivity index (χ0n) is 18.5. The SMILES string of the molecule is Cc1cc(Cn2ccc(C(=O)c3cncnc3N[C@H]3CC[C@@H](COS(N)(=O)=O)C3)n2)ccc1F. The van der Waals surface area contributed by atoms with Gasteiger partial charge in [-0.3, -0.25) is 13.7 Å². The highest BCUT2D eigenvalue weighted by Gasteiger charge is 2.28. The van der Waals surface area contributed by atoms with E-state index in [1.54, 1.807) is 36.0 Å². The smallest absolute Gasteiger partial charge is 0.333 e. The normalized spacial score (nSPS) is 18.2. The molecule has 1 aromatic carbocycles. The van der Waals surface area contributed by atoms with E-state index in [0.717, 1.165) is 18.4 Å². The van der Waals surface area contributed by atoms with Crippen molar-refractivity contribution < 1.29 is 21.8 Å². The van der Waals surface area contributed by atoms with Gasteiger partial charge >= 0.3 is 10.3 Å². The molecule has 1 aliphatic rings. The van der Waals surface area contributed by atoms with Crippen molar-refractivity contribution in [3.8, 4) is 0 Å². The number of nitrogens with one attached hydrogen (secondary N) is 1. The van der Waals surface area contributed by atoms with Crippen LogP contribution in [-0.2, 0) is 21.0 Å². The Labute approximate surface area is 196 Å². The van der Waals surface area contributed by atoms with Gasteiger partial charge in [0.25, 0.3) is 0 Å². The van der Waals surface area contributed by atoms with Crippen LogP contribution in [0.3, 0.4) is 0 Å².